The number of amides is 2. The maximum Gasteiger partial charge on any atom is 0.252 e. The summed E-state index contributed by atoms with van der Waals surface area (Å²) in [7, 11) is 1.85. The van der Waals surface area contributed by atoms with Crippen LogP contribution in [0, 0.1) is 6.92 Å². The molecule has 0 atom stereocenters. The second-order valence-electron chi connectivity index (χ2n) is 7.25. The second kappa shape index (κ2) is 7.43. The normalized spacial score (nSPS) is 14.7. The Kier molecular flexibility index (Phi) is 5.25. The number of rotatable bonds is 6. The third kappa shape index (κ3) is 3.57. The minimum Gasteiger partial charge on any atom is -0.352 e. The number of hydrogen-bond donors (Lipinski definition) is 1. The van der Waals surface area contributed by atoms with Crippen molar-refractivity contribution >= 4 is 22.8 Å². The van der Waals surface area contributed by atoms with Gasteiger partial charge >= 0.3 is 0 Å². The van der Waals surface area contributed by atoms with Crippen LogP contribution >= 0.6 is 0 Å². The summed E-state index contributed by atoms with van der Waals surface area (Å²) in [6.45, 7) is 8.11. The van der Waals surface area contributed by atoms with Crippen molar-refractivity contribution in [2.24, 2.45) is 7.05 Å². The maximum atomic E-state index is 12.8. The number of fused-ring (bicyclic) bond motifs is 1. The molecule has 26 heavy (non-hydrogen) atoms. The molecule has 1 N–H and O–H groups in total. The highest BCUT2D eigenvalue weighted by Crippen LogP contribution is 2.24. The van der Waals surface area contributed by atoms with Crippen molar-refractivity contribution in [1.82, 2.24) is 25.0 Å². The molecule has 2 aromatic rings. The van der Waals surface area contributed by atoms with Crippen molar-refractivity contribution in [3.05, 3.63) is 23.0 Å². The Morgan fingerprint density at radius 3 is 2.81 bits per heavy atom. The average Bonchev–Trinajstić information content (AvgIpc) is 3.14. The second-order valence-corrected chi connectivity index (χ2v) is 7.25. The summed E-state index contributed by atoms with van der Waals surface area (Å²) < 4.78 is 1.73. The molecule has 1 aliphatic rings. The number of carbonyl (C=O) groups is 2. The van der Waals surface area contributed by atoms with E-state index in [0.29, 0.717) is 25.1 Å². The molecule has 140 valence electrons. The van der Waals surface area contributed by atoms with E-state index in [-0.39, 0.29) is 17.7 Å². The molecule has 0 aliphatic carbocycles. The summed E-state index contributed by atoms with van der Waals surface area (Å²) >= 11 is 0. The smallest absolute Gasteiger partial charge is 0.252 e. The topological polar surface area (TPSA) is 80.1 Å². The van der Waals surface area contributed by atoms with Gasteiger partial charge < -0.3 is 10.2 Å². The van der Waals surface area contributed by atoms with Gasteiger partial charge in [-0.25, -0.2) is 4.98 Å². The third-order valence-electron chi connectivity index (χ3n) is 4.89. The van der Waals surface area contributed by atoms with Crippen LogP contribution in [0.2, 0.25) is 0 Å². The molecular weight excluding hydrogens is 330 g/mol. The minimum atomic E-state index is -0.108. The van der Waals surface area contributed by atoms with Gasteiger partial charge in [-0.2, -0.15) is 5.10 Å². The summed E-state index contributed by atoms with van der Waals surface area (Å²) in [5.74, 6) is 0.338. The van der Waals surface area contributed by atoms with Crippen LogP contribution in [0.15, 0.2) is 6.07 Å². The van der Waals surface area contributed by atoms with Gasteiger partial charge in [0.05, 0.1) is 16.6 Å². The molecule has 0 aromatic carbocycles. The number of likely N-dealkylation sites (tertiary alicyclic amines) is 1. The van der Waals surface area contributed by atoms with Gasteiger partial charge in [0.15, 0.2) is 5.65 Å². The van der Waals surface area contributed by atoms with E-state index in [9.17, 15) is 9.59 Å². The largest absolute Gasteiger partial charge is 0.352 e. The van der Waals surface area contributed by atoms with Gasteiger partial charge in [0, 0.05) is 38.8 Å². The molecule has 3 rings (SSSR count). The molecule has 0 radical (unpaired) electrons. The number of nitrogens with one attached hydrogen (secondary N) is 1. The lowest BCUT2D eigenvalue weighted by atomic mass is 10.0. The molecule has 1 aliphatic heterocycles. The maximum absolute atomic E-state index is 12.8. The van der Waals surface area contributed by atoms with E-state index in [2.05, 4.69) is 29.2 Å². The van der Waals surface area contributed by atoms with E-state index in [4.69, 9.17) is 0 Å². The monoisotopic (exact) mass is 357 g/mol. The quantitative estimate of drug-likeness (QED) is 0.803. The lowest BCUT2D eigenvalue weighted by Crippen LogP contribution is -2.30. The first-order chi connectivity index (χ1) is 12.4. The summed E-state index contributed by atoms with van der Waals surface area (Å²) in [4.78, 5) is 31.0. The van der Waals surface area contributed by atoms with Crippen molar-refractivity contribution in [3.8, 4) is 0 Å². The van der Waals surface area contributed by atoms with Crippen LogP contribution in [-0.4, -0.2) is 51.1 Å². The SMILES string of the molecule is Cc1nn(C)c2nc(C(C)C)cc(C(=O)NCCCN3CCCC3=O)c12. The Balaban J connectivity index is 1.73. The number of carbonyl (C=O) groups excluding carboxylic acids is 2. The molecule has 1 saturated heterocycles. The number of nitrogens with zero attached hydrogens (tertiary/aromatic N) is 4. The number of pyridine rings is 1. The molecule has 7 heteroatoms. The van der Waals surface area contributed by atoms with Crippen molar-refractivity contribution in [1.29, 1.82) is 0 Å². The molecule has 3 heterocycles. The Labute approximate surface area is 153 Å². The van der Waals surface area contributed by atoms with E-state index in [1.165, 1.54) is 0 Å². The van der Waals surface area contributed by atoms with Crippen molar-refractivity contribution in [2.75, 3.05) is 19.6 Å². The van der Waals surface area contributed by atoms with Crippen LogP contribution in [0.3, 0.4) is 0 Å². The molecule has 7 nitrogen and oxygen atoms in total. The van der Waals surface area contributed by atoms with Crippen molar-refractivity contribution in [3.63, 3.8) is 0 Å². The highest BCUT2D eigenvalue weighted by atomic mass is 16.2. The van der Waals surface area contributed by atoms with Crippen molar-refractivity contribution < 1.29 is 9.59 Å². The van der Waals surface area contributed by atoms with E-state index in [0.717, 1.165) is 41.8 Å². The van der Waals surface area contributed by atoms with Gasteiger partial charge in [0.1, 0.15) is 0 Å². The van der Waals surface area contributed by atoms with Crippen LogP contribution in [-0.2, 0) is 11.8 Å². The van der Waals surface area contributed by atoms with E-state index < -0.39 is 0 Å². The van der Waals surface area contributed by atoms with Crippen LogP contribution in [0.5, 0.6) is 0 Å². The molecule has 1 fully saturated rings. The first-order valence-electron chi connectivity index (χ1n) is 9.28. The molecule has 0 spiro atoms. The Morgan fingerprint density at radius 1 is 1.38 bits per heavy atom. The Bertz CT molecular complexity index is 840. The predicted molar refractivity (Wildman–Crippen MR) is 100 cm³/mol. The fourth-order valence-electron chi connectivity index (χ4n) is 3.45. The summed E-state index contributed by atoms with van der Waals surface area (Å²) in [6, 6.07) is 1.88. The zero-order valence-electron chi connectivity index (χ0n) is 16.0. The standard InChI is InChI=1S/C19H27N5O2/c1-12(2)15-11-14(17-13(3)22-23(4)18(17)21-15)19(26)20-8-6-10-24-9-5-7-16(24)25/h11-12H,5-10H2,1-4H3,(H,20,26). The summed E-state index contributed by atoms with van der Waals surface area (Å²) in [5, 5.41) is 8.22. The third-order valence-corrected chi connectivity index (χ3v) is 4.89. The predicted octanol–water partition coefficient (Wildman–Crippen LogP) is 2.14. The van der Waals surface area contributed by atoms with Gasteiger partial charge in [-0.1, -0.05) is 13.8 Å². The molecule has 0 bridgehead atoms. The lowest BCUT2D eigenvalue weighted by Gasteiger charge is -2.15. The highest BCUT2D eigenvalue weighted by molar-refractivity contribution is 6.06. The van der Waals surface area contributed by atoms with Gasteiger partial charge in [0.25, 0.3) is 5.91 Å². The first kappa shape index (κ1) is 18.4. The van der Waals surface area contributed by atoms with E-state index >= 15 is 0 Å². The summed E-state index contributed by atoms with van der Waals surface area (Å²) in [6.07, 6.45) is 2.35. The number of aromatic nitrogens is 3. The zero-order chi connectivity index (χ0) is 18.8. The molecule has 2 amide bonds. The first-order valence-corrected chi connectivity index (χ1v) is 9.28. The van der Waals surface area contributed by atoms with Crippen LogP contribution in [0.25, 0.3) is 11.0 Å². The van der Waals surface area contributed by atoms with E-state index in [1.54, 1.807) is 4.68 Å². The van der Waals surface area contributed by atoms with E-state index in [1.807, 2.05) is 24.9 Å². The van der Waals surface area contributed by atoms with Crippen LogP contribution < -0.4 is 5.32 Å². The van der Waals surface area contributed by atoms with Crippen LogP contribution in [0.1, 0.15) is 60.8 Å². The van der Waals surface area contributed by atoms with Crippen molar-refractivity contribution in [2.45, 2.75) is 46.0 Å². The van der Waals surface area contributed by atoms with Gasteiger partial charge in [-0.05, 0) is 31.7 Å². The summed E-state index contributed by atoms with van der Waals surface area (Å²) in [5.41, 5.74) is 3.05. The number of hydrogen-bond acceptors (Lipinski definition) is 4. The van der Waals surface area contributed by atoms with Gasteiger partial charge in [-0.3, -0.25) is 14.3 Å². The van der Waals surface area contributed by atoms with Gasteiger partial charge in [-0.15, -0.1) is 0 Å². The molecule has 0 unspecified atom stereocenters. The fraction of sp³-hybridized carbons (Fsp3) is 0.579. The Hall–Kier alpha value is -2.44. The lowest BCUT2D eigenvalue weighted by molar-refractivity contribution is -0.127. The highest BCUT2D eigenvalue weighted by Gasteiger charge is 2.21. The Morgan fingerprint density at radius 2 is 2.15 bits per heavy atom. The number of aryl methyl sites for hydroxylation is 2. The minimum absolute atomic E-state index is 0.108. The molecular formula is C19H27N5O2. The van der Waals surface area contributed by atoms with Gasteiger partial charge in [0.2, 0.25) is 5.91 Å². The zero-order valence-corrected chi connectivity index (χ0v) is 16.0. The molecule has 2 aromatic heterocycles. The average molecular weight is 357 g/mol. The fourth-order valence-corrected chi connectivity index (χ4v) is 3.45. The van der Waals surface area contributed by atoms with Crippen LogP contribution in [0.4, 0.5) is 0 Å². The molecule has 0 saturated carbocycles.